The van der Waals surface area contributed by atoms with Gasteiger partial charge in [-0.3, -0.25) is 14.5 Å². The number of rotatable bonds is 7. The number of thiocarbonyl (C=S) groups is 1. The highest BCUT2D eigenvalue weighted by Crippen LogP contribution is 2.34. The minimum Gasteiger partial charge on any atom is -0.394 e. The monoisotopic (exact) mass is 432 g/mol. The van der Waals surface area contributed by atoms with Crippen LogP contribution in [0.5, 0.6) is 0 Å². The van der Waals surface area contributed by atoms with Crippen molar-refractivity contribution in [1.82, 2.24) is 10.2 Å². The zero-order chi connectivity index (χ0) is 20.1. The van der Waals surface area contributed by atoms with Crippen LogP contribution in [0.15, 0.2) is 52.7 Å². The Morgan fingerprint density at radius 3 is 2.68 bits per heavy atom. The lowest BCUT2D eigenvalue weighted by Gasteiger charge is -2.25. The van der Waals surface area contributed by atoms with E-state index in [0.717, 1.165) is 10.4 Å². The second-order valence-electron chi connectivity index (χ2n) is 6.32. The van der Waals surface area contributed by atoms with Gasteiger partial charge in [0, 0.05) is 4.88 Å². The van der Waals surface area contributed by atoms with Crippen LogP contribution in [0.1, 0.15) is 17.4 Å². The lowest BCUT2D eigenvalue weighted by molar-refractivity contribution is -0.132. The second-order valence-corrected chi connectivity index (χ2v) is 8.98. The van der Waals surface area contributed by atoms with Gasteiger partial charge in [0.2, 0.25) is 5.91 Å². The number of thioether (sulfide) groups is 1. The molecule has 8 heteroatoms. The number of amides is 2. The summed E-state index contributed by atoms with van der Waals surface area (Å²) in [5, 5.41) is 14.4. The molecule has 2 unspecified atom stereocenters. The summed E-state index contributed by atoms with van der Waals surface area (Å²) in [4.78, 5) is 28.3. The van der Waals surface area contributed by atoms with Crippen LogP contribution in [-0.2, 0) is 16.0 Å². The molecule has 146 valence electrons. The molecule has 2 N–H and O–H groups in total. The van der Waals surface area contributed by atoms with Gasteiger partial charge >= 0.3 is 0 Å². The normalized spacial score (nSPS) is 17.8. The third-order valence-electron chi connectivity index (χ3n) is 4.30. The second kappa shape index (κ2) is 9.47. The first-order chi connectivity index (χ1) is 13.5. The van der Waals surface area contributed by atoms with Crippen molar-refractivity contribution < 1.29 is 14.7 Å². The highest BCUT2D eigenvalue weighted by molar-refractivity contribution is 8.26. The van der Waals surface area contributed by atoms with Crippen molar-refractivity contribution >= 4 is 57.5 Å². The van der Waals surface area contributed by atoms with Gasteiger partial charge < -0.3 is 10.4 Å². The van der Waals surface area contributed by atoms with Crippen LogP contribution in [0.4, 0.5) is 0 Å². The molecule has 2 amide bonds. The van der Waals surface area contributed by atoms with Crippen molar-refractivity contribution in [2.75, 3.05) is 6.61 Å². The molecule has 0 spiro atoms. The molecule has 0 bridgehead atoms. The summed E-state index contributed by atoms with van der Waals surface area (Å²) in [7, 11) is 0. The van der Waals surface area contributed by atoms with E-state index in [4.69, 9.17) is 12.2 Å². The molecular formula is C20H20N2O3S3. The van der Waals surface area contributed by atoms with Crippen LogP contribution < -0.4 is 5.32 Å². The van der Waals surface area contributed by atoms with Crippen LogP contribution in [0.2, 0.25) is 0 Å². The van der Waals surface area contributed by atoms with Crippen LogP contribution >= 0.6 is 35.3 Å². The molecule has 1 aromatic carbocycles. The van der Waals surface area contributed by atoms with Gasteiger partial charge in [-0.05, 0) is 36.4 Å². The molecule has 3 rings (SSSR count). The molecule has 1 aliphatic rings. The number of benzene rings is 1. The van der Waals surface area contributed by atoms with Crippen LogP contribution in [0.3, 0.4) is 0 Å². The summed E-state index contributed by atoms with van der Waals surface area (Å²) < 4.78 is 0.360. The van der Waals surface area contributed by atoms with Gasteiger partial charge in [0.05, 0.1) is 17.6 Å². The number of aliphatic hydroxyl groups excluding tert-OH is 1. The Labute approximate surface area is 177 Å². The molecule has 0 saturated carbocycles. The lowest BCUT2D eigenvalue weighted by Crippen LogP contribution is -2.51. The first-order valence-electron chi connectivity index (χ1n) is 8.75. The van der Waals surface area contributed by atoms with E-state index in [2.05, 4.69) is 5.32 Å². The predicted octanol–water partition coefficient (Wildman–Crippen LogP) is 3.06. The first kappa shape index (κ1) is 20.7. The minimum atomic E-state index is -0.758. The fourth-order valence-electron chi connectivity index (χ4n) is 2.82. The van der Waals surface area contributed by atoms with Crippen molar-refractivity contribution in [3.05, 3.63) is 63.2 Å². The summed E-state index contributed by atoms with van der Waals surface area (Å²) in [5.74, 6) is -0.613. The number of nitrogens with one attached hydrogen (secondary N) is 1. The quantitative estimate of drug-likeness (QED) is 0.520. The maximum absolute atomic E-state index is 12.8. The van der Waals surface area contributed by atoms with Gasteiger partial charge in [-0.15, -0.1) is 11.3 Å². The molecule has 2 aromatic rings. The molecule has 28 heavy (non-hydrogen) atoms. The largest absolute Gasteiger partial charge is 0.394 e. The summed E-state index contributed by atoms with van der Waals surface area (Å²) >= 11 is 8.06. The molecule has 2 atom stereocenters. The smallest absolute Gasteiger partial charge is 0.266 e. The van der Waals surface area contributed by atoms with Crippen LogP contribution in [0.25, 0.3) is 6.08 Å². The van der Waals surface area contributed by atoms with Crippen molar-refractivity contribution in [2.24, 2.45) is 0 Å². The number of hydrogen-bond acceptors (Lipinski definition) is 6. The van der Waals surface area contributed by atoms with Crippen LogP contribution in [0, 0.1) is 0 Å². The fraction of sp³-hybridized carbons (Fsp3) is 0.250. The van der Waals surface area contributed by atoms with Crippen molar-refractivity contribution in [3.8, 4) is 0 Å². The standard InChI is InChI=1S/C20H20N2O3S3/c1-13(18(24)21-15(12-23)10-14-6-3-2-4-7-14)22-19(25)17(28-20(22)26)11-16-8-5-9-27-16/h2-9,11,13,15,23H,10,12H2,1H3,(H,21,24)/b17-11-. The van der Waals surface area contributed by atoms with E-state index in [9.17, 15) is 14.7 Å². The van der Waals surface area contributed by atoms with E-state index < -0.39 is 12.1 Å². The first-order valence-corrected chi connectivity index (χ1v) is 10.9. The van der Waals surface area contributed by atoms with E-state index in [1.54, 1.807) is 13.0 Å². The number of carbonyl (C=O) groups excluding carboxylic acids is 2. The van der Waals surface area contributed by atoms with Gasteiger partial charge in [-0.1, -0.05) is 60.4 Å². The summed E-state index contributed by atoms with van der Waals surface area (Å²) in [5.41, 5.74) is 1.01. The van der Waals surface area contributed by atoms with Crippen molar-refractivity contribution in [3.63, 3.8) is 0 Å². The van der Waals surface area contributed by atoms with Gasteiger partial charge in [-0.25, -0.2) is 0 Å². The fourth-order valence-corrected chi connectivity index (χ4v) is 4.96. The Morgan fingerprint density at radius 2 is 2.04 bits per heavy atom. The Balaban J connectivity index is 1.66. The third kappa shape index (κ3) is 4.88. The average molecular weight is 433 g/mol. The Bertz CT molecular complexity index is 881. The molecular weight excluding hydrogens is 412 g/mol. The molecule has 2 heterocycles. The molecule has 1 saturated heterocycles. The zero-order valence-corrected chi connectivity index (χ0v) is 17.7. The summed E-state index contributed by atoms with van der Waals surface area (Å²) in [6.07, 6.45) is 2.30. The number of hydrogen-bond donors (Lipinski definition) is 2. The summed E-state index contributed by atoms with van der Waals surface area (Å²) in [6, 6.07) is 12.3. The SMILES string of the molecule is CC(C(=O)NC(CO)Cc1ccccc1)N1C(=O)/C(=C/c2cccs2)SC1=S. The molecule has 5 nitrogen and oxygen atoms in total. The van der Waals surface area contributed by atoms with Gasteiger partial charge in [-0.2, -0.15) is 0 Å². The van der Waals surface area contributed by atoms with Crippen molar-refractivity contribution in [1.29, 1.82) is 0 Å². The van der Waals surface area contributed by atoms with E-state index in [-0.39, 0.29) is 18.4 Å². The average Bonchev–Trinajstić information content (AvgIpc) is 3.29. The highest BCUT2D eigenvalue weighted by atomic mass is 32.2. The Morgan fingerprint density at radius 1 is 1.29 bits per heavy atom. The summed E-state index contributed by atoms with van der Waals surface area (Å²) in [6.45, 7) is 1.45. The molecule has 1 fully saturated rings. The maximum Gasteiger partial charge on any atom is 0.266 e. The number of nitrogens with zero attached hydrogens (tertiary/aromatic N) is 1. The van der Waals surface area contributed by atoms with Gasteiger partial charge in [0.25, 0.3) is 5.91 Å². The van der Waals surface area contributed by atoms with E-state index in [1.807, 2.05) is 47.8 Å². The number of aliphatic hydroxyl groups is 1. The maximum atomic E-state index is 12.8. The highest BCUT2D eigenvalue weighted by Gasteiger charge is 2.38. The Kier molecular flexibility index (Phi) is 7.01. The topological polar surface area (TPSA) is 69.6 Å². The molecule has 0 radical (unpaired) electrons. The van der Waals surface area contributed by atoms with E-state index >= 15 is 0 Å². The lowest BCUT2D eigenvalue weighted by atomic mass is 10.1. The predicted molar refractivity (Wildman–Crippen MR) is 118 cm³/mol. The number of carbonyl (C=O) groups is 2. The van der Waals surface area contributed by atoms with E-state index in [1.165, 1.54) is 28.0 Å². The van der Waals surface area contributed by atoms with Crippen LogP contribution in [-0.4, -0.2) is 44.8 Å². The van der Waals surface area contributed by atoms with E-state index in [0.29, 0.717) is 15.6 Å². The molecule has 0 aliphatic carbocycles. The Hall–Kier alpha value is -2.00. The minimum absolute atomic E-state index is 0.190. The molecule has 1 aromatic heterocycles. The third-order valence-corrected chi connectivity index (χ3v) is 6.45. The number of thiophene rings is 1. The van der Waals surface area contributed by atoms with Crippen molar-refractivity contribution in [2.45, 2.75) is 25.4 Å². The molecule has 1 aliphatic heterocycles. The van der Waals surface area contributed by atoms with Gasteiger partial charge in [0.1, 0.15) is 10.4 Å². The van der Waals surface area contributed by atoms with Gasteiger partial charge in [0.15, 0.2) is 0 Å². The zero-order valence-electron chi connectivity index (χ0n) is 15.2.